The Morgan fingerprint density at radius 3 is 1.93 bits per heavy atom. The van der Waals surface area contributed by atoms with E-state index in [1.807, 2.05) is 27.7 Å². The highest BCUT2D eigenvalue weighted by Gasteiger charge is 2.37. The number of rotatable bonds is 15. The highest BCUT2D eigenvalue weighted by molar-refractivity contribution is 6.60. The van der Waals surface area contributed by atoms with Gasteiger partial charge in [0.25, 0.3) is 0 Å². The lowest BCUT2D eigenvalue weighted by Crippen LogP contribution is -2.45. The Hall–Kier alpha value is -1.00. The molecular weight excluding hydrogens is 370 g/mol. The Labute approximate surface area is 164 Å². The molecule has 160 valence electrons. The smallest absolute Gasteiger partial charge is 0.463 e. The number of carbonyl (C=O) groups excluding carboxylic acids is 2. The maximum atomic E-state index is 12.4. The first-order valence-electron chi connectivity index (χ1n) is 9.56. The van der Waals surface area contributed by atoms with Crippen molar-refractivity contribution in [3.63, 3.8) is 0 Å². The standard InChI is InChI=1S/C18H37NO7Si/c1-8-14(3)25-17(20)13-16(18(21)26-15(4)9-2)19-11-10-12-27(22-5,23-6)24-7/h14-16,19H,8-13H2,1-7H3. The van der Waals surface area contributed by atoms with E-state index < -0.39 is 26.8 Å². The number of ether oxygens (including phenoxy) is 2. The molecule has 0 bridgehead atoms. The molecule has 0 amide bonds. The largest absolute Gasteiger partial charge is 0.500 e. The van der Waals surface area contributed by atoms with Crippen LogP contribution in [0.1, 0.15) is 53.4 Å². The molecule has 1 N–H and O–H groups in total. The highest BCUT2D eigenvalue weighted by atomic mass is 28.4. The van der Waals surface area contributed by atoms with Gasteiger partial charge in [0.1, 0.15) is 6.04 Å². The van der Waals surface area contributed by atoms with Crippen molar-refractivity contribution >= 4 is 20.7 Å². The molecule has 0 aromatic carbocycles. The van der Waals surface area contributed by atoms with Gasteiger partial charge in [0.2, 0.25) is 0 Å². The minimum atomic E-state index is -2.66. The lowest BCUT2D eigenvalue weighted by atomic mass is 10.2. The van der Waals surface area contributed by atoms with Crippen LogP contribution in [0.4, 0.5) is 0 Å². The quantitative estimate of drug-likeness (QED) is 0.251. The average molecular weight is 408 g/mol. The second-order valence-corrected chi connectivity index (χ2v) is 9.57. The Kier molecular flexibility index (Phi) is 13.5. The van der Waals surface area contributed by atoms with E-state index in [0.717, 1.165) is 6.42 Å². The molecule has 0 rings (SSSR count). The summed E-state index contributed by atoms with van der Waals surface area (Å²) in [6.07, 6.45) is 1.64. The van der Waals surface area contributed by atoms with E-state index in [2.05, 4.69) is 5.32 Å². The maximum absolute atomic E-state index is 12.4. The number of esters is 2. The lowest BCUT2D eigenvalue weighted by molar-refractivity contribution is -0.157. The summed E-state index contributed by atoms with van der Waals surface area (Å²) in [6.45, 7) is 8.00. The predicted molar refractivity (Wildman–Crippen MR) is 104 cm³/mol. The molecule has 0 radical (unpaired) electrons. The molecule has 3 atom stereocenters. The van der Waals surface area contributed by atoms with Gasteiger partial charge in [-0.05, 0) is 39.7 Å². The van der Waals surface area contributed by atoms with Crippen molar-refractivity contribution < 1.29 is 32.3 Å². The summed E-state index contributed by atoms with van der Waals surface area (Å²) in [4.78, 5) is 24.5. The Balaban J connectivity index is 4.74. The summed E-state index contributed by atoms with van der Waals surface area (Å²) in [6, 6.07) is -0.159. The van der Waals surface area contributed by atoms with Gasteiger partial charge in [0.15, 0.2) is 0 Å². The zero-order valence-corrected chi connectivity index (χ0v) is 18.8. The van der Waals surface area contributed by atoms with Crippen LogP contribution in [-0.4, -0.2) is 66.9 Å². The van der Waals surface area contributed by atoms with Crippen LogP contribution in [0.15, 0.2) is 0 Å². The third-order valence-corrected chi connectivity index (χ3v) is 7.27. The Morgan fingerprint density at radius 2 is 1.44 bits per heavy atom. The number of nitrogens with one attached hydrogen (secondary N) is 1. The van der Waals surface area contributed by atoms with Gasteiger partial charge in [0, 0.05) is 27.4 Å². The van der Waals surface area contributed by atoms with E-state index in [1.165, 1.54) is 0 Å². The molecule has 9 heteroatoms. The van der Waals surface area contributed by atoms with Crippen molar-refractivity contribution in [3.8, 4) is 0 Å². The van der Waals surface area contributed by atoms with Gasteiger partial charge in [-0.25, -0.2) is 0 Å². The van der Waals surface area contributed by atoms with Crippen LogP contribution in [0.2, 0.25) is 6.04 Å². The topological polar surface area (TPSA) is 92.3 Å². The molecule has 0 aromatic rings. The minimum absolute atomic E-state index is 0.0684. The van der Waals surface area contributed by atoms with Crippen molar-refractivity contribution in [1.29, 1.82) is 0 Å². The van der Waals surface area contributed by atoms with E-state index in [0.29, 0.717) is 25.4 Å². The summed E-state index contributed by atoms with van der Waals surface area (Å²) >= 11 is 0. The SMILES string of the molecule is CCC(C)OC(=O)CC(NCCC[Si](OC)(OC)OC)C(=O)OC(C)CC. The van der Waals surface area contributed by atoms with Crippen molar-refractivity contribution in [2.45, 2.75) is 77.7 Å². The van der Waals surface area contributed by atoms with Gasteiger partial charge in [-0.15, -0.1) is 0 Å². The molecular formula is C18H37NO7Si. The normalized spacial score (nSPS) is 15.1. The molecule has 27 heavy (non-hydrogen) atoms. The summed E-state index contributed by atoms with van der Waals surface area (Å²) < 4.78 is 26.8. The summed E-state index contributed by atoms with van der Waals surface area (Å²) in [5.41, 5.74) is 0. The van der Waals surface area contributed by atoms with E-state index in [1.54, 1.807) is 21.3 Å². The molecule has 0 saturated carbocycles. The molecule has 0 spiro atoms. The predicted octanol–water partition coefficient (Wildman–Crippen LogP) is 2.29. The van der Waals surface area contributed by atoms with Crippen molar-refractivity contribution in [3.05, 3.63) is 0 Å². The van der Waals surface area contributed by atoms with E-state index in [9.17, 15) is 9.59 Å². The van der Waals surface area contributed by atoms with Gasteiger partial charge in [-0.2, -0.15) is 0 Å². The first kappa shape index (κ1) is 26.0. The molecule has 0 aliphatic carbocycles. The van der Waals surface area contributed by atoms with Crippen LogP contribution in [-0.2, 0) is 32.3 Å². The lowest BCUT2D eigenvalue weighted by Gasteiger charge is -2.25. The van der Waals surface area contributed by atoms with E-state index in [-0.39, 0.29) is 18.6 Å². The van der Waals surface area contributed by atoms with Crippen LogP contribution >= 0.6 is 0 Å². The zero-order valence-electron chi connectivity index (χ0n) is 17.8. The monoisotopic (exact) mass is 407 g/mol. The van der Waals surface area contributed by atoms with Gasteiger partial charge < -0.3 is 28.1 Å². The summed E-state index contributed by atoms with van der Waals surface area (Å²) in [7, 11) is 2.02. The van der Waals surface area contributed by atoms with Crippen LogP contribution in [0.3, 0.4) is 0 Å². The molecule has 0 saturated heterocycles. The van der Waals surface area contributed by atoms with Crippen LogP contribution in [0, 0.1) is 0 Å². The fourth-order valence-corrected chi connectivity index (χ4v) is 3.98. The second-order valence-electron chi connectivity index (χ2n) is 6.47. The highest BCUT2D eigenvalue weighted by Crippen LogP contribution is 2.14. The maximum Gasteiger partial charge on any atom is 0.500 e. The van der Waals surface area contributed by atoms with Gasteiger partial charge in [-0.3, -0.25) is 9.59 Å². The average Bonchev–Trinajstić information content (AvgIpc) is 2.67. The summed E-state index contributed by atoms with van der Waals surface area (Å²) in [5, 5.41) is 3.10. The van der Waals surface area contributed by atoms with E-state index in [4.69, 9.17) is 22.8 Å². The molecule has 0 aromatic heterocycles. The molecule has 0 fully saturated rings. The molecule has 3 unspecified atom stereocenters. The van der Waals surface area contributed by atoms with Crippen molar-refractivity contribution in [2.24, 2.45) is 0 Å². The van der Waals surface area contributed by atoms with Gasteiger partial charge in [-0.1, -0.05) is 13.8 Å². The van der Waals surface area contributed by atoms with Crippen LogP contribution in [0.5, 0.6) is 0 Å². The molecule has 0 aliphatic rings. The number of hydrogen-bond donors (Lipinski definition) is 1. The fourth-order valence-electron chi connectivity index (χ4n) is 2.26. The van der Waals surface area contributed by atoms with Gasteiger partial charge in [0.05, 0.1) is 18.6 Å². The fraction of sp³-hybridized carbons (Fsp3) is 0.889. The second kappa shape index (κ2) is 14.1. The third kappa shape index (κ3) is 10.2. The van der Waals surface area contributed by atoms with Gasteiger partial charge >= 0.3 is 20.7 Å². The first-order chi connectivity index (χ1) is 12.8. The summed E-state index contributed by atoms with van der Waals surface area (Å²) in [5.74, 6) is -0.864. The van der Waals surface area contributed by atoms with Crippen LogP contribution in [0.25, 0.3) is 0 Å². The minimum Gasteiger partial charge on any atom is -0.463 e. The first-order valence-corrected chi connectivity index (χ1v) is 11.5. The number of hydrogen-bond acceptors (Lipinski definition) is 8. The van der Waals surface area contributed by atoms with Crippen molar-refractivity contribution in [1.82, 2.24) is 5.32 Å². The number of carbonyl (C=O) groups is 2. The third-order valence-electron chi connectivity index (χ3n) is 4.44. The van der Waals surface area contributed by atoms with E-state index >= 15 is 0 Å². The zero-order chi connectivity index (χ0) is 20.9. The molecule has 0 heterocycles. The Bertz CT molecular complexity index is 424. The molecule has 0 aliphatic heterocycles. The Morgan fingerprint density at radius 1 is 0.926 bits per heavy atom. The van der Waals surface area contributed by atoms with Crippen molar-refractivity contribution in [2.75, 3.05) is 27.9 Å². The molecule has 8 nitrogen and oxygen atoms in total. The van der Waals surface area contributed by atoms with Crippen LogP contribution < -0.4 is 5.32 Å².